The van der Waals surface area contributed by atoms with Crippen LogP contribution in [-0.2, 0) is 0 Å². The number of hydrogen-bond acceptors (Lipinski definition) is 0. The Labute approximate surface area is 173 Å². The first-order chi connectivity index (χ1) is 14.1. The third-order valence-corrected chi connectivity index (χ3v) is 6.77. The zero-order chi connectivity index (χ0) is 20.2. The van der Waals surface area contributed by atoms with Gasteiger partial charge in [-0.25, -0.2) is 8.78 Å². The molecule has 2 fully saturated rings. The van der Waals surface area contributed by atoms with Crippen molar-refractivity contribution in [1.82, 2.24) is 0 Å². The summed E-state index contributed by atoms with van der Waals surface area (Å²) in [5.74, 6) is 8.10. The first kappa shape index (κ1) is 19.9. The van der Waals surface area contributed by atoms with Crippen LogP contribution in [0, 0.1) is 41.2 Å². The van der Waals surface area contributed by atoms with Crippen molar-refractivity contribution in [3.8, 4) is 11.8 Å². The molecule has 2 saturated carbocycles. The summed E-state index contributed by atoms with van der Waals surface area (Å²) >= 11 is 0. The van der Waals surface area contributed by atoms with Crippen molar-refractivity contribution in [2.45, 2.75) is 51.4 Å². The smallest absolute Gasteiger partial charge is 0.139 e. The molecule has 4 atom stereocenters. The Balaban J connectivity index is 1.43. The summed E-state index contributed by atoms with van der Waals surface area (Å²) < 4.78 is 27.7. The standard InChI is InChI=1S/C27H28F2/c1-2-3-20-5-9-23-17-24(13-12-22(23)16-20)25-11-10-21(27(29)18-25)8-4-19-6-14-26(28)15-7-19/h2-3,6-7,10-11,14-15,18,20,22-24H,5,9,12-13,16-17H2,1H3/b3-2+. The van der Waals surface area contributed by atoms with Gasteiger partial charge in [0.25, 0.3) is 0 Å². The molecule has 29 heavy (non-hydrogen) atoms. The lowest BCUT2D eigenvalue weighted by molar-refractivity contribution is 0.133. The van der Waals surface area contributed by atoms with Gasteiger partial charge in [-0.15, -0.1) is 0 Å². The molecule has 0 heterocycles. The fourth-order valence-corrected chi connectivity index (χ4v) is 5.23. The van der Waals surface area contributed by atoms with Crippen molar-refractivity contribution in [3.63, 3.8) is 0 Å². The molecule has 0 saturated heterocycles. The van der Waals surface area contributed by atoms with E-state index in [2.05, 4.69) is 30.9 Å². The molecule has 150 valence electrons. The minimum atomic E-state index is -0.295. The van der Waals surface area contributed by atoms with Crippen molar-refractivity contribution in [2.24, 2.45) is 17.8 Å². The van der Waals surface area contributed by atoms with Gasteiger partial charge < -0.3 is 0 Å². The summed E-state index contributed by atoms with van der Waals surface area (Å²) in [6, 6.07) is 11.5. The van der Waals surface area contributed by atoms with Crippen molar-refractivity contribution in [1.29, 1.82) is 0 Å². The van der Waals surface area contributed by atoms with Crippen molar-refractivity contribution in [3.05, 3.63) is 82.9 Å². The number of fused-ring (bicyclic) bond motifs is 1. The van der Waals surface area contributed by atoms with Gasteiger partial charge in [-0.1, -0.05) is 30.1 Å². The van der Waals surface area contributed by atoms with E-state index in [9.17, 15) is 8.78 Å². The van der Waals surface area contributed by atoms with E-state index >= 15 is 0 Å². The summed E-state index contributed by atoms with van der Waals surface area (Å²) in [7, 11) is 0. The van der Waals surface area contributed by atoms with E-state index in [0.717, 1.165) is 29.7 Å². The van der Waals surface area contributed by atoms with Gasteiger partial charge in [0.15, 0.2) is 0 Å². The van der Waals surface area contributed by atoms with Gasteiger partial charge in [0.05, 0.1) is 5.56 Å². The van der Waals surface area contributed by atoms with E-state index in [4.69, 9.17) is 0 Å². The molecule has 0 radical (unpaired) electrons. The third-order valence-electron chi connectivity index (χ3n) is 6.77. The molecule has 2 heteroatoms. The molecule has 4 unspecified atom stereocenters. The van der Waals surface area contributed by atoms with E-state index in [1.807, 2.05) is 6.07 Å². The minimum absolute atomic E-state index is 0.254. The predicted octanol–water partition coefficient (Wildman–Crippen LogP) is 7.24. The number of halogens is 2. The zero-order valence-electron chi connectivity index (χ0n) is 17.0. The highest BCUT2D eigenvalue weighted by atomic mass is 19.1. The Morgan fingerprint density at radius 1 is 0.862 bits per heavy atom. The summed E-state index contributed by atoms with van der Waals surface area (Å²) in [6.45, 7) is 2.12. The summed E-state index contributed by atoms with van der Waals surface area (Å²) in [4.78, 5) is 0. The molecule has 0 nitrogen and oxygen atoms in total. The maximum absolute atomic E-state index is 14.7. The first-order valence-electron chi connectivity index (χ1n) is 10.8. The van der Waals surface area contributed by atoms with Gasteiger partial charge in [-0.05, 0) is 111 Å². The number of rotatable bonds is 2. The number of hydrogen-bond donors (Lipinski definition) is 0. The highest BCUT2D eigenvalue weighted by Gasteiger charge is 2.35. The van der Waals surface area contributed by atoms with Crippen LogP contribution in [0.3, 0.4) is 0 Å². The molecule has 2 aromatic carbocycles. The average molecular weight is 391 g/mol. The van der Waals surface area contributed by atoms with Gasteiger partial charge in [0.2, 0.25) is 0 Å². The Bertz CT molecular complexity index is 929. The fraction of sp³-hybridized carbons (Fsp3) is 0.407. The summed E-state index contributed by atoms with van der Waals surface area (Å²) in [5.41, 5.74) is 2.20. The maximum atomic E-state index is 14.7. The third kappa shape index (κ3) is 4.78. The van der Waals surface area contributed by atoms with Crippen molar-refractivity contribution >= 4 is 0 Å². The molecule has 0 bridgehead atoms. The van der Waals surface area contributed by atoms with E-state index < -0.39 is 0 Å². The van der Waals surface area contributed by atoms with Gasteiger partial charge >= 0.3 is 0 Å². The fourth-order valence-electron chi connectivity index (χ4n) is 5.23. The lowest BCUT2D eigenvalue weighted by Crippen LogP contribution is -2.30. The number of allylic oxidation sites excluding steroid dienone is 2. The normalized spacial score (nSPS) is 26.6. The summed E-state index contributed by atoms with van der Waals surface area (Å²) in [5, 5.41) is 0. The quantitative estimate of drug-likeness (QED) is 0.374. The first-order valence-corrected chi connectivity index (χ1v) is 10.8. The van der Waals surface area contributed by atoms with E-state index in [1.54, 1.807) is 24.3 Å². The van der Waals surface area contributed by atoms with Crippen LogP contribution < -0.4 is 0 Å². The van der Waals surface area contributed by atoms with Crippen LogP contribution in [0.2, 0.25) is 0 Å². The van der Waals surface area contributed by atoms with E-state index in [1.165, 1.54) is 44.2 Å². The maximum Gasteiger partial charge on any atom is 0.139 e. The van der Waals surface area contributed by atoms with Crippen LogP contribution in [0.15, 0.2) is 54.6 Å². The molecule has 0 aliphatic heterocycles. The van der Waals surface area contributed by atoms with E-state index in [-0.39, 0.29) is 11.6 Å². The lowest BCUT2D eigenvalue weighted by Gasteiger charge is -2.41. The molecule has 0 amide bonds. The highest BCUT2D eigenvalue weighted by Crippen LogP contribution is 2.47. The molecule has 0 spiro atoms. The van der Waals surface area contributed by atoms with Crippen LogP contribution in [0.5, 0.6) is 0 Å². The molecule has 2 aromatic rings. The average Bonchev–Trinajstić information content (AvgIpc) is 2.74. The van der Waals surface area contributed by atoms with Crippen LogP contribution in [0.25, 0.3) is 0 Å². The highest BCUT2D eigenvalue weighted by molar-refractivity contribution is 5.44. The Kier molecular flexibility index (Phi) is 6.14. The molecule has 0 aromatic heterocycles. The van der Waals surface area contributed by atoms with Crippen molar-refractivity contribution < 1.29 is 8.78 Å². The Morgan fingerprint density at radius 3 is 2.38 bits per heavy atom. The molecule has 2 aliphatic rings. The van der Waals surface area contributed by atoms with Gasteiger partial charge in [-0.3, -0.25) is 0 Å². The summed E-state index contributed by atoms with van der Waals surface area (Å²) in [6.07, 6.45) is 12.1. The SMILES string of the molecule is C/C=C/C1CCC2CC(c3ccc(C#Cc4ccc(F)cc4)c(F)c3)CCC2C1. The molecule has 2 aliphatic carbocycles. The minimum Gasteiger partial charge on any atom is -0.207 e. The molecule has 0 N–H and O–H groups in total. The molecular formula is C27H28F2. The second-order valence-corrected chi connectivity index (χ2v) is 8.63. The van der Waals surface area contributed by atoms with E-state index in [0.29, 0.717) is 17.0 Å². The number of benzene rings is 2. The predicted molar refractivity (Wildman–Crippen MR) is 115 cm³/mol. The zero-order valence-corrected chi connectivity index (χ0v) is 17.0. The molecular weight excluding hydrogens is 362 g/mol. The van der Waals surface area contributed by atoms with Crippen LogP contribution in [0.4, 0.5) is 8.78 Å². The lowest BCUT2D eigenvalue weighted by atomic mass is 9.64. The van der Waals surface area contributed by atoms with Gasteiger partial charge in [-0.2, -0.15) is 0 Å². The van der Waals surface area contributed by atoms with Crippen molar-refractivity contribution in [2.75, 3.05) is 0 Å². The largest absolute Gasteiger partial charge is 0.207 e. The Hall–Kier alpha value is -2.40. The molecule has 4 rings (SSSR count). The van der Waals surface area contributed by atoms with Gasteiger partial charge in [0.1, 0.15) is 11.6 Å². The van der Waals surface area contributed by atoms with Crippen LogP contribution in [0.1, 0.15) is 68.1 Å². The van der Waals surface area contributed by atoms with Gasteiger partial charge in [0, 0.05) is 5.56 Å². The second-order valence-electron chi connectivity index (χ2n) is 8.63. The van der Waals surface area contributed by atoms with Crippen LogP contribution >= 0.6 is 0 Å². The Morgan fingerprint density at radius 2 is 1.62 bits per heavy atom. The monoisotopic (exact) mass is 390 g/mol. The topological polar surface area (TPSA) is 0 Å². The van der Waals surface area contributed by atoms with Crippen LogP contribution in [-0.4, -0.2) is 0 Å². The second kappa shape index (κ2) is 8.95.